The number of aliphatic carboxylic acids is 4. The summed E-state index contributed by atoms with van der Waals surface area (Å²) in [6, 6.07) is -10.6. The molecule has 0 saturated heterocycles. The van der Waals surface area contributed by atoms with E-state index in [0.29, 0.717) is 12.0 Å². The van der Waals surface area contributed by atoms with Crippen molar-refractivity contribution in [3.05, 3.63) is 65.7 Å². The fraction of sp³-hybridized carbons (Fsp3) is 0.583. The predicted molar refractivity (Wildman–Crippen MR) is 402 cm³/mol. The number of nitrogens with one attached hydrogen (secondary N) is 14. The summed E-state index contributed by atoms with van der Waals surface area (Å²) in [6.07, 6.45) is -7.17. The van der Waals surface area contributed by atoms with Crippen molar-refractivity contribution in [1.82, 2.24) is 74.4 Å². The predicted octanol–water partition coefficient (Wildman–Crippen LogP) is -7.78. The Balaban J connectivity index is 2.42. The number of hydrogen-bond donors (Lipinski definition) is 25. The lowest BCUT2D eigenvalue weighted by Crippen LogP contribution is -2.63. The molecule has 0 aromatic heterocycles. The second-order valence-electron chi connectivity index (χ2n) is 28.4. The minimum Gasteiger partial charge on any atom is -0.508 e. The first-order chi connectivity index (χ1) is 53.8. The van der Waals surface area contributed by atoms with Crippen molar-refractivity contribution < 1.29 is 132 Å². The van der Waals surface area contributed by atoms with E-state index in [4.69, 9.17) is 11.5 Å². The summed E-state index contributed by atoms with van der Waals surface area (Å²) < 4.78 is 0. The Morgan fingerprint density at radius 2 is 0.835 bits per heavy atom. The van der Waals surface area contributed by atoms with E-state index < -0.39 is 261 Å². The van der Waals surface area contributed by atoms with Crippen molar-refractivity contribution in [2.45, 2.75) is 229 Å². The number of aromatic hydroxyl groups is 1. The Kier molecular flexibility index (Phi) is 42.6. The molecule has 43 heteroatoms. The van der Waals surface area contributed by atoms with Gasteiger partial charge in [-0.2, -0.15) is 0 Å². The lowest BCUT2D eigenvalue weighted by molar-refractivity contribution is -0.144. The van der Waals surface area contributed by atoms with Crippen LogP contribution in [-0.2, 0) is 99.1 Å². The van der Waals surface area contributed by atoms with Gasteiger partial charge in [-0.05, 0) is 108 Å². The van der Waals surface area contributed by atoms with E-state index in [-0.39, 0.29) is 55.9 Å². The quantitative estimate of drug-likeness (QED) is 0.0274. The molecule has 2 aromatic carbocycles. The van der Waals surface area contributed by atoms with Gasteiger partial charge in [0.15, 0.2) is 0 Å². The van der Waals surface area contributed by atoms with Crippen LogP contribution in [0, 0.1) is 11.8 Å². The van der Waals surface area contributed by atoms with Crippen LogP contribution in [0.25, 0.3) is 0 Å². The van der Waals surface area contributed by atoms with Gasteiger partial charge in [-0.15, -0.1) is 0 Å². The summed E-state index contributed by atoms with van der Waals surface area (Å²) in [5, 5.41) is 123. The molecule has 0 fully saturated rings. The molecule has 0 aliphatic carbocycles. The Labute approximate surface area is 661 Å². The molecule has 14 amide bonds. The molecule has 43 nitrogen and oxygen atoms in total. The second kappa shape index (κ2) is 49.2. The van der Waals surface area contributed by atoms with Crippen molar-refractivity contribution >= 4 is 107 Å². The Bertz CT molecular complexity index is 3690. The SMILES string of the molecule is CC[C@H](C)[C@H](NC(=O)[C@H](CO)NC(=O)[C@H](Cc1ccc(O)cc1)NC(=O)[C@H](CC(=O)O)NC(=O)[C@H](CO)NC(=O)[C@@H](NC(=O)[C@H](Cc1ccccc1)NC(=O)[C@@H](NC(=O)CNC(=O)[C@H](CCC(=O)O)NC(=O)C(C)(C)N)[C@@H](C)O)[C@@H](C)O)C(=O)N[C@@H](C)C(=O)N[C@@H](CC(C)C)C(=O)N[C@@H](CC(=O)O)C(=O)N[C@@H](CCCCN)C(=O)O. The molecule has 27 N–H and O–H groups in total. The second-order valence-corrected chi connectivity index (χ2v) is 28.4. The molecule has 0 spiro atoms. The summed E-state index contributed by atoms with van der Waals surface area (Å²) in [5.41, 5.74) is 10.3. The van der Waals surface area contributed by atoms with Crippen LogP contribution in [-0.4, -0.2) is 275 Å². The topological polar surface area (TPSA) is 710 Å². The largest absolute Gasteiger partial charge is 0.508 e. The van der Waals surface area contributed by atoms with Crippen LogP contribution in [0.2, 0.25) is 0 Å². The number of phenols is 1. The van der Waals surface area contributed by atoms with Gasteiger partial charge in [-0.1, -0.05) is 76.6 Å². The Morgan fingerprint density at radius 1 is 0.426 bits per heavy atom. The van der Waals surface area contributed by atoms with Crippen molar-refractivity contribution in [3.8, 4) is 5.75 Å². The normalized spacial score (nSPS) is 15.4. The summed E-state index contributed by atoms with van der Waals surface area (Å²) in [5.74, 6) is -24.0. The van der Waals surface area contributed by atoms with Crippen molar-refractivity contribution in [1.29, 1.82) is 0 Å². The molecule has 0 unspecified atom stereocenters. The summed E-state index contributed by atoms with van der Waals surface area (Å²) in [7, 11) is 0. The highest BCUT2D eigenvalue weighted by Crippen LogP contribution is 2.16. The molecule has 2 aromatic rings. The fourth-order valence-electron chi connectivity index (χ4n) is 10.7. The standard InChI is InChI=1S/C72H110N16O27/c1-10-35(4)55(67(110)76-36(5)58(101)78-44(26-34(2)3)60(103)80-47(29-53(97)98)62(105)77-43(70(113)114)18-14-15-25-73)87-66(109)50(33-90)83-61(104)45(28-40-19-21-41(93)22-20-40)79-63(106)48(30-54(99)100)81-65(108)49(32-89)84-69(112)57(38(7)92)88-64(107)46(27-39-16-12-11-13-17-39)82-68(111)56(37(6)91)86-51(94)31-75-59(102)42(23-24-52(95)96)85-71(115)72(8,9)74/h11-13,16-17,19-22,34-38,42-50,55-57,89-93H,10,14-15,18,23-33,73-74H2,1-9H3,(H,75,102)(H,76,110)(H,77,105)(H,78,101)(H,79,106)(H,80,103)(H,81,108)(H,82,111)(H,83,104)(H,84,112)(H,85,115)(H,86,94)(H,87,109)(H,88,107)(H,95,96)(H,97,98)(H,99,100)(H,113,114)/t35-,36-,37+,38+,42-,43-,44-,45-,46-,47-,48-,49-,50-,55-,56-,57-/m0/s1. The number of phenolic OH excluding ortho intramolecular Hbond substituents is 1. The first-order valence-electron chi connectivity index (χ1n) is 36.8. The molecule has 16 atom stereocenters. The van der Waals surface area contributed by atoms with Crippen molar-refractivity contribution in [3.63, 3.8) is 0 Å². The van der Waals surface area contributed by atoms with E-state index in [9.17, 15) is 132 Å². The molecular formula is C72H110N16O27. The van der Waals surface area contributed by atoms with Crippen LogP contribution in [0.15, 0.2) is 54.6 Å². The maximum Gasteiger partial charge on any atom is 0.326 e. The van der Waals surface area contributed by atoms with Gasteiger partial charge in [-0.25, -0.2) is 4.79 Å². The summed E-state index contributed by atoms with van der Waals surface area (Å²) in [4.78, 5) is 240. The average Bonchev–Trinajstić information content (AvgIpc) is 0.848. The highest BCUT2D eigenvalue weighted by atomic mass is 16.4. The number of nitrogens with two attached hydrogens (primary N) is 2. The molecule has 0 bridgehead atoms. The molecule has 640 valence electrons. The van der Waals surface area contributed by atoms with Crippen LogP contribution in [0.1, 0.15) is 131 Å². The smallest absolute Gasteiger partial charge is 0.326 e. The van der Waals surface area contributed by atoms with Crippen molar-refractivity contribution in [2.24, 2.45) is 23.3 Å². The summed E-state index contributed by atoms with van der Waals surface area (Å²) >= 11 is 0. The minimum atomic E-state index is -2.21. The maximum absolute atomic E-state index is 14.4. The van der Waals surface area contributed by atoms with Crippen LogP contribution in [0.4, 0.5) is 0 Å². The number of benzene rings is 2. The van der Waals surface area contributed by atoms with Gasteiger partial charge < -0.3 is 132 Å². The van der Waals surface area contributed by atoms with Gasteiger partial charge in [-0.3, -0.25) is 81.5 Å². The Morgan fingerprint density at radius 3 is 1.30 bits per heavy atom. The highest BCUT2D eigenvalue weighted by Gasteiger charge is 2.40. The molecule has 115 heavy (non-hydrogen) atoms. The molecule has 0 aliphatic heterocycles. The van der Waals surface area contributed by atoms with E-state index in [1.54, 1.807) is 39.0 Å². The summed E-state index contributed by atoms with van der Waals surface area (Å²) in [6.45, 7) is 9.10. The number of rotatable bonds is 52. The molecular weight excluding hydrogens is 1520 g/mol. The van der Waals surface area contributed by atoms with E-state index in [1.807, 2.05) is 5.32 Å². The molecule has 0 aliphatic rings. The van der Waals surface area contributed by atoms with Crippen LogP contribution >= 0.6 is 0 Å². The number of aliphatic hydroxyl groups excluding tert-OH is 4. The monoisotopic (exact) mass is 1630 g/mol. The molecule has 0 saturated carbocycles. The zero-order valence-corrected chi connectivity index (χ0v) is 65.1. The third-order valence-corrected chi connectivity index (χ3v) is 17.4. The van der Waals surface area contributed by atoms with E-state index in [0.717, 1.165) is 13.8 Å². The molecule has 2 rings (SSSR count). The highest BCUT2D eigenvalue weighted by molar-refractivity contribution is 6.01. The zero-order valence-electron chi connectivity index (χ0n) is 65.1. The lowest BCUT2D eigenvalue weighted by atomic mass is 9.97. The molecule has 0 radical (unpaired) electrons. The number of hydrogen-bond acceptors (Lipinski definition) is 25. The number of aliphatic hydroxyl groups is 4. The van der Waals surface area contributed by atoms with Crippen LogP contribution in [0.5, 0.6) is 5.75 Å². The van der Waals surface area contributed by atoms with Gasteiger partial charge in [0.1, 0.15) is 84.3 Å². The lowest BCUT2D eigenvalue weighted by Gasteiger charge is -2.29. The maximum atomic E-state index is 14.4. The fourth-order valence-corrected chi connectivity index (χ4v) is 10.7. The first kappa shape index (κ1) is 99.5. The Hall–Kier alpha value is -11.5. The average molecular weight is 1630 g/mol. The number of unbranched alkanes of at least 4 members (excludes halogenated alkanes) is 1. The van der Waals surface area contributed by atoms with E-state index in [1.165, 1.54) is 64.1 Å². The van der Waals surface area contributed by atoms with Crippen molar-refractivity contribution in [2.75, 3.05) is 26.3 Å². The molecule has 0 heterocycles. The van der Waals surface area contributed by atoms with Gasteiger partial charge >= 0.3 is 23.9 Å². The van der Waals surface area contributed by atoms with E-state index in [2.05, 4.69) is 69.1 Å². The number of carbonyl (C=O) groups is 18. The number of amides is 14. The zero-order chi connectivity index (χ0) is 87.3. The third-order valence-electron chi connectivity index (χ3n) is 17.4. The van der Waals surface area contributed by atoms with Gasteiger partial charge in [0.05, 0.1) is 50.3 Å². The number of carboxylic acids is 4. The van der Waals surface area contributed by atoms with Gasteiger partial charge in [0.25, 0.3) is 0 Å². The van der Waals surface area contributed by atoms with Gasteiger partial charge in [0.2, 0.25) is 82.7 Å². The number of carbonyl (C=O) groups excluding carboxylic acids is 14. The van der Waals surface area contributed by atoms with Crippen LogP contribution < -0.4 is 85.9 Å². The number of carboxylic acid groups (broad SMARTS) is 4. The third kappa shape index (κ3) is 36.0. The van der Waals surface area contributed by atoms with Gasteiger partial charge in [0, 0.05) is 19.3 Å². The minimum absolute atomic E-state index is 0.0735. The first-order valence-corrected chi connectivity index (χ1v) is 36.8. The van der Waals surface area contributed by atoms with Crippen LogP contribution in [0.3, 0.4) is 0 Å². The van der Waals surface area contributed by atoms with E-state index >= 15 is 0 Å².